The zero-order valence-electron chi connectivity index (χ0n) is 14.8. The molecule has 0 aliphatic carbocycles. The molecule has 0 aromatic heterocycles. The lowest BCUT2D eigenvalue weighted by Gasteiger charge is -2.36. The molecule has 0 bridgehead atoms. The van der Waals surface area contributed by atoms with Crippen LogP contribution in [0.3, 0.4) is 0 Å². The first-order chi connectivity index (χ1) is 12.7. The summed E-state index contributed by atoms with van der Waals surface area (Å²) in [5, 5.41) is 0. The van der Waals surface area contributed by atoms with Crippen LogP contribution in [0.25, 0.3) is 0 Å². The fraction of sp³-hybridized carbons (Fsp3) is 0.300. The van der Waals surface area contributed by atoms with Crippen molar-refractivity contribution in [3.05, 3.63) is 54.1 Å². The summed E-state index contributed by atoms with van der Waals surface area (Å²) in [5.74, 6) is 1.38. The number of benzene rings is 2. The monoisotopic (exact) mass is 354 g/mol. The molecule has 0 spiro atoms. The summed E-state index contributed by atoms with van der Waals surface area (Å²) in [6, 6.07) is 14.7. The van der Waals surface area contributed by atoms with Crippen molar-refractivity contribution in [3.8, 4) is 11.5 Å². The third-order valence-corrected chi connectivity index (χ3v) is 4.45. The van der Waals surface area contributed by atoms with Crippen molar-refractivity contribution < 1.29 is 19.1 Å². The minimum atomic E-state index is -0.0169. The number of carbonyl (C=O) groups is 2. The van der Waals surface area contributed by atoms with Gasteiger partial charge in [-0.25, -0.2) is 0 Å². The number of hydrogen-bond acceptors (Lipinski definition) is 5. The van der Waals surface area contributed by atoms with E-state index in [1.807, 2.05) is 29.2 Å². The molecular formula is C20H22N2O4. The first kappa shape index (κ1) is 17.8. The highest BCUT2D eigenvalue weighted by Crippen LogP contribution is 2.18. The number of methoxy groups -OCH3 is 1. The minimum absolute atomic E-state index is 0.0169. The molecule has 2 aromatic rings. The van der Waals surface area contributed by atoms with E-state index in [2.05, 4.69) is 4.90 Å². The van der Waals surface area contributed by atoms with Crippen molar-refractivity contribution in [2.75, 3.05) is 44.8 Å². The van der Waals surface area contributed by atoms with Crippen LogP contribution in [0.1, 0.15) is 10.4 Å². The lowest BCUT2D eigenvalue weighted by atomic mass is 10.2. The van der Waals surface area contributed by atoms with Gasteiger partial charge in [-0.2, -0.15) is 0 Å². The quantitative estimate of drug-likeness (QED) is 0.745. The Morgan fingerprint density at radius 3 is 2.15 bits per heavy atom. The van der Waals surface area contributed by atoms with Gasteiger partial charge in [0.1, 0.15) is 17.8 Å². The third-order valence-electron chi connectivity index (χ3n) is 4.45. The van der Waals surface area contributed by atoms with Crippen LogP contribution < -0.4 is 14.4 Å². The molecule has 1 amide bonds. The van der Waals surface area contributed by atoms with Gasteiger partial charge < -0.3 is 19.3 Å². The number of carbonyl (C=O) groups excluding carboxylic acids is 2. The highest BCUT2D eigenvalue weighted by atomic mass is 16.5. The predicted molar refractivity (Wildman–Crippen MR) is 99.1 cm³/mol. The van der Waals surface area contributed by atoms with Gasteiger partial charge in [0.15, 0.2) is 6.61 Å². The van der Waals surface area contributed by atoms with Crippen LogP contribution in [0, 0.1) is 0 Å². The number of anilines is 1. The van der Waals surface area contributed by atoms with E-state index in [1.54, 1.807) is 31.4 Å². The molecule has 3 rings (SSSR count). The topological polar surface area (TPSA) is 59.1 Å². The maximum atomic E-state index is 12.3. The number of aldehydes is 1. The molecule has 1 aliphatic rings. The Morgan fingerprint density at radius 1 is 0.962 bits per heavy atom. The fourth-order valence-corrected chi connectivity index (χ4v) is 2.89. The van der Waals surface area contributed by atoms with Crippen molar-refractivity contribution >= 4 is 17.9 Å². The Balaban J connectivity index is 1.47. The molecular weight excluding hydrogens is 332 g/mol. The number of piperazine rings is 1. The van der Waals surface area contributed by atoms with Crippen molar-refractivity contribution in [2.24, 2.45) is 0 Å². The highest BCUT2D eigenvalue weighted by Gasteiger charge is 2.21. The van der Waals surface area contributed by atoms with Crippen molar-refractivity contribution in [1.29, 1.82) is 0 Å². The van der Waals surface area contributed by atoms with E-state index in [0.29, 0.717) is 24.4 Å². The van der Waals surface area contributed by atoms with Gasteiger partial charge in [-0.1, -0.05) is 0 Å². The second-order valence-electron chi connectivity index (χ2n) is 6.04. The highest BCUT2D eigenvalue weighted by molar-refractivity contribution is 5.78. The zero-order chi connectivity index (χ0) is 18.4. The van der Waals surface area contributed by atoms with Gasteiger partial charge in [-0.05, 0) is 48.5 Å². The molecule has 0 unspecified atom stereocenters. The lowest BCUT2D eigenvalue weighted by molar-refractivity contribution is -0.133. The van der Waals surface area contributed by atoms with E-state index in [-0.39, 0.29) is 12.5 Å². The Kier molecular flexibility index (Phi) is 5.73. The zero-order valence-corrected chi connectivity index (χ0v) is 14.8. The molecule has 6 nitrogen and oxygen atoms in total. The summed E-state index contributed by atoms with van der Waals surface area (Å²) in [4.78, 5) is 27.1. The van der Waals surface area contributed by atoms with E-state index >= 15 is 0 Å². The molecule has 1 fully saturated rings. The molecule has 1 saturated heterocycles. The first-order valence-electron chi connectivity index (χ1n) is 8.54. The van der Waals surface area contributed by atoms with Gasteiger partial charge in [0.05, 0.1) is 7.11 Å². The van der Waals surface area contributed by atoms with Gasteiger partial charge in [-0.3, -0.25) is 9.59 Å². The molecule has 0 atom stereocenters. The van der Waals surface area contributed by atoms with Gasteiger partial charge in [-0.15, -0.1) is 0 Å². The SMILES string of the molecule is COc1ccc(OCC(=O)N2CCN(c3ccc(C=O)cc3)CC2)cc1. The molecule has 136 valence electrons. The van der Waals surface area contributed by atoms with Crippen molar-refractivity contribution in [1.82, 2.24) is 4.90 Å². The standard InChI is InChI=1S/C20H22N2O4/c1-25-18-6-8-19(9-7-18)26-15-20(24)22-12-10-21(11-13-22)17-4-2-16(14-23)3-5-17/h2-9,14H,10-13,15H2,1H3. The van der Waals surface area contributed by atoms with E-state index in [9.17, 15) is 9.59 Å². The maximum Gasteiger partial charge on any atom is 0.260 e. The molecule has 0 N–H and O–H groups in total. The average molecular weight is 354 g/mol. The minimum Gasteiger partial charge on any atom is -0.497 e. The molecule has 1 aliphatic heterocycles. The Morgan fingerprint density at radius 2 is 1.58 bits per heavy atom. The van der Waals surface area contributed by atoms with Crippen LogP contribution in [0.5, 0.6) is 11.5 Å². The van der Waals surface area contributed by atoms with Gasteiger partial charge >= 0.3 is 0 Å². The van der Waals surface area contributed by atoms with E-state index < -0.39 is 0 Å². The summed E-state index contributed by atoms with van der Waals surface area (Å²) in [5.41, 5.74) is 1.73. The van der Waals surface area contributed by atoms with E-state index in [4.69, 9.17) is 9.47 Å². The van der Waals surface area contributed by atoms with E-state index in [1.165, 1.54) is 0 Å². The Bertz CT molecular complexity index is 735. The Hall–Kier alpha value is -3.02. The van der Waals surface area contributed by atoms with Crippen molar-refractivity contribution in [3.63, 3.8) is 0 Å². The first-order valence-corrected chi connectivity index (χ1v) is 8.54. The lowest BCUT2D eigenvalue weighted by Crippen LogP contribution is -2.50. The number of ether oxygens (including phenoxy) is 2. The smallest absolute Gasteiger partial charge is 0.260 e. The molecule has 2 aromatic carbocycles. The summed E-state index contributed by atoms with van der Waals surface area (Å²) in [6.07, 6.45) is 0.837. The van der Waals surface area contributed by atoms with Crippen LogP contribution in [0.4, 0.5) is 5.69 Å². The van der Waals surface area contributed by atoms with Crippen LogP contribution in [0.15, 0.2) is 48.5 Å². The normalized spacial score (nSPS) is 14.0. The fourth-order valence-electron chi connectivity index (χ4n) is 2.89. The van der Waals surface area contributed by atoms with Crippen LogP contribution in [0.2, 0.25) is 0 Å². The van der Waals surface area contributed by atoms with Gasteiger partial charge in [0.2, 0.25) is 0 Å². The molecule has 6 heteroatoms. The summed E-state index contributed by atoms with van der Waals surface area (Å²) < 4.78 is 10.7. The number of hydrogen-bond donors (Lipinski definition) is 0. The second kappa shape index (κ2) is 8.38. The average Bonchev–Trinajstić information content (AvgIpc) is 2.72. The van der Waals surface area contributed by atoms with Crippen molar-refractivity contribution in [2.45, 2.75) is 0 Å². The maximum absolute atomic E-state index is 12.3. The largest absolute Gasteiger partial charge is 0.497 e. The molecule has 26 heavy (non-hydrogen) atoms. The predicted octanol–water partition coefficient (Wildman–Crippen LogP) is 2.24. The number of nitrogens with zero attached hydrogens (tertiary/aromatic N) is 2. The number of amides is 1. The van der Waals surface area contributed by atoms with Gasteiger partial charge in [0.25, 0.3) is 5.91 Å². The van der Waals surface area contributed by atoms with Crippen LogP contribution >= 0.6 is 0 Å². The molecule has 0 radical (unpaired) electrons. The van der Waals surface area contributed by atoms with Gasteiger partial charge in [0, 0.05) is 37.4 Å². The third kappa shape index (κ3) is 4.33. The summed E-state index contributed by atoms with van der Waals surface area (Å²) >= 11 is 0. The number of rotatable bonds is 6. The molecule has 0 saturated carbocycles. The summed E-state index contributed by atoms with van der Waals surface area (Å²) in [7, 11) is 1.61. The van der Waals surface area contributed by atoms with Crippen LogP contribution in [-0.4, -0.2) is 57.0 Å². The molecule has 1 heterocycles. The second-order valence-corrected chi connectivity index (χ2v) is 6.04. The Labute approximate surface area is 152 Å². The summed E-state index contributed by atoms with van der Waals surface area (Å²) in [6.45, 7) is 2.85. The van der Waals surface area contributed by atoms with Crippen LogP contribution in [-0.2, 0) is 4.79 Å². The van der Waals surface area contributed by atoms with E-state index in [0.717, 1.165) is 30.8 Å².